The number of rotatable bonds is 4. The summed E-state index contributed by atoms with van der Waals surface area (Å²) in [5.74, 6) is -0.116. The summed E-state index contributed by atoms with van der Waals surface area (Å²) in [4.78, 5) is 15.7. The van der Waals surface area contributed by atoms with Gasteiger partial charge >= 0.3 is 5.97 Å². The molecular weight excluding hydrogens is 260 g/mol. The minimum atomic E-state index is -0.236. The molecule has 106 valence electrons. The molecule has 0 spiro atoms. The van der Waals surface area contributed by atoms with Gasteiger partial charge < -0.3 is 10.1 Å². The molecule has 0 bridgehead atoms. The van der Waals surface area contributed by atoms with E-state index < -0.39 is 0 Å². The van der Waals surface area contributed by atoms with Crippen LogP contribution in [0.2, 0.25) is 0 Å². The lowest BCUT2D eigenvalue weighted by Crippen LogP contribution is -2.37. The summed E-state index contributed by atoms with van der Waals surface area (Å²) in [7, 11) is 0. The van der Waals surface area contributed by atoms with Gasteiger partial charge in [0.25, 0.3) is 0 Å². The number of thiophene rings is 1. The summed E-state index contributed by atoms with van der Waals surface area (Å²) in [5.41, 5.74) is 1.18. The molecular formula is C14H22N2O2S. The zero-order chi connectivity index (χ0) is 13.7. The van der Waals surface area contributed by atoms with Crippen LogP contribution in [0.1, 0.15) is 29.8 Å². The zero-order valence-corrected chi connectivity index (χ0v) is 12.5. The van der Waals surface area contributed by atoms with Gasteiger partial charge in [-0.15, -0.1) is 11.3 Å². The second-order valence-corrected chi connectivity index (χ2v) is 5.71. The van der Waals surface area contributed by atoms with E-state index >= 15 is 0 Å². The highest BCUT2D eigenvalue weighted by molar-refractivity contribution is 7.10. The van der Waals surface area contributed by atoms with E-state index in [4.69, 9.17) is 4.74 Å². The minimum absolute atomic E-state index is 0.116. The maximum atomic E-state index is 12.3. The van der Waals surface area contributed by atoms with Gasteiger partial charge in [-0.25, -0.2) is 4.79 Å². The third-order valence-electron chi connectivity index (χ3n) is 3.40. The number of esters is 1. The standard InChI is InChI=1S/C14H22N2O2S/c1-3-18-14(17)12(13-11(2)5-10-19-13)16-8-4-6-15-7-9-16/h5,10,12,15H,3-4,6-9H2,1-2H3. The van der Waals surface area contributed by atoms with Gasteiger partial charge in [-0.3, -0.25) is 4.90 Å². The van der Waals surface area contributed by atoms with Gasteiger partial charge in [-0.05, 0) is 43.8 Å². The molecule has 1 atom stereocenters. The Labute approximate surface area is 118 Å². The van der Waals surface area contributed by atoms with E-state index in [1.165, 1.54) is 5.56 Å². The SMILES string of the molecule is CCOC(=O)C(c1sccc1C)N1CCCNCC1. The average molecular weight is 282 g/mol. The summed E-state index contributed by atoms with van der Waals surface area (Å²) < 4.78 is 5.28. The number of ether oxygens (including phenoxy) is 1. The lowest BCUT2D eigenvalue weighted by molar-refractivity contribution is -0.149. The Balaban J connectivity index is 2.22. The molecule has 0 amide bonds. The second-order valence-electron chi connectivity index (χ2n) is 4.76. The molecule has 2 heterocycles. The number of carbonyl (C=O) groups excluding carboxylic acids is 1. The number of aryl methyl sites for hydroxylation is 1. The van der Waals surface area contributed by atoms with E-state index in [-0.39, 0.29) is 12.0 Å². The van der Waals surface area contributed by atoms with Crippen molar-refractivity contribution in [3.63, 3.8) is 0 Å². The van der Waals surface area contributed by atoms with Gasteiger partial charge in [-0.1, -0.05) is 0 Å². The smallest absolute Gasteiger partial charge is 0.328 e. The molecule has 5 heteroatoms. The molecule has 0 aliphatic carbocycles. The summed E-state index contributed by atoms with van der Waals surface area (Å²) >= 11 is 1.65. The third-order valence-corrected chi connectivity index (χ3v) is 4.47. The van der Waals surface area contributed by atoms with Crippen LogP contribution in [0.15, 0.2) is 11.4 Å². The molecule has 1 aromatic heterocycles. The Kier molecular flexibility index (Phi) is 5.36. The molecule has 1 aliphatic heterocycles. The summed E-state index contributed by atoms with van der Waals surface area (Å²) in [6.45, 7) is 8.14. The van der Waals surface area contributed by atoms with Crippen LogP contribution in [0.4, 0.5) is 0 Å². The average Bonchev–Trinajstić information content (AvgIpc) is 2.66. The van der Waals surface area contributed by atoms with Crippen LogP contribution in [0, 0.1) is 6.92 Å². The number of hydrogen-bond acceptors (Lipinski definition) is 5. The third kappa shape index (κ3) is 3.55. The van der Waals surface area contributed by atoms with Crippen LogP contribution in [-0.2, 0) is 9.53 Å². The maximum absolute atomic E-state index is 12.3. The van der Waals surface area contributed by atoms with Crippen molar-refractivity contribution < 1.29 is 9.53 Å². The molecule has 4 nitrogen and oxygen atoms in total. The first-order valence-electron chi connectivity index (χ1n) is 6.89. The van der Waals surface area contributed by atoms with E-state index in [1.807, 2.05) is 12.3 Å². The maximum Gasteiger partial charge on any atom is 0.328 e. The van der Waals surface area contributed by atoms with Crippen molar-refractivity contribution in [2.45, 2.75) is 26.3 Å². The molecule has 1 fully saturated rings. The quantitative estimate of drug-likeness (QED) is 0.857. The molecule has 1 aromatic rings. The molecule has 0 radical (unpaired) electrons. The number of nitrogens with one attached hydrogen (secondary N) is 1. The molecule has 0 saturated carbocycles. The lowest BCUT2D eigenvalue weighted by Gasteiger charge is -2.28. The van der Waals surface area contributed by atoms with Crippen molar-refractivity contribution in [1.82, 2.24) is 10.2 Å². The molecule has 1 N–H and O–H groups in total. The first-order valence-corrected chi connectivity index (χ1v) is 7.77. The fourth-order valence-electron chi connectivity index (χ4n) is 2.43. The number of hydrogen-bond donors (Lipinski definition) is 1. The number of nitrogens with zero attached hydrogens (tertiary/aromatic N) is 1. The Hall–Kier alpha value is -0.910. The zero-order valence-electron chi connectivity index (χ0n) is 11.6. The second kappa shape index (κ2) is 7.03. The summed E-state index contributed by atoms with van der Waals surface area (Å²) in [6.07, 6.45) is 1.07. The Morgan fingerprint density at radius 3 is 3.05 bits per heavy atom. The molecule has 0 aromatic carbocycles. The van der Waals surface area contributed by atoms with Crippen molar-refractivity contribution in [3.05, 3.63) is 21.9 Å². The first-order chi connectivity index (χ1) is 9.24. The largest absolute Gasteiger partial charge is 0.465 e. The van der Waals surface area contributed by atoms with Gasteiger partial charge in [0.1, 0.15) is 6.04 Å². The predicted molar refractivity (Wildman–Crippen MR) is 77.5 cm³/mol. The van der Waals surface area contributed by atoms with Crippen LogP contribution in [-0.4, -0.2) is 43.7 Å². The Bertz CT molecular complexity index is 411. The van der Waals surface area contributed by atoms with Crippen LogP contribution >= 0.6 is 11.3 Å². The Morgan fingerprint density at radius 2 is 2.37 bits per heavy atom. The fraction of sp³-hybridized carbons (Fsp3) is 0.643. The molecule has 1 saturated heterocycles. The van der Waals surface area contributed by atoms with Crippen LogP contribution < -0.4 is 5.32 Å². The summed E-state index contributed by atoms with van der Waals surface area (Å²) in [5, 5.41) is 5.42. The predicted octanol–water partition coefficient (Wildman–Crippen LogP) is 1.96. The summed E-state index contributed by atoms with van der Waals surface area (Å²) in [6, 6.07) is 1.84. The van der Waals surface area contributed by atoms with Crippen molar-refractivity contribution in [3.8, 4) is 0 Å². The van der Waals surface area contributed by atoms with E-state index in [0.717, 1.165) is 37.5 Å². The fourth-order valence-corrected chi connectivity index (χ4v) is 3.48. The lowest BCUT2D eigenvalue weighted by atomic mass is 10.1. The van der Waals surface area contributed by atoms with E-state index in [0.29, 0.717) is 6.61 Å². The minimum Gasteiger partial charge on any atom is -0.465 e. The van der Waals surface area contributed by atoms with Crippen molar-refractivity contribution in [2.75, 3.05) is 32.8 Å². The van der Waals surface area contributed by atoms with Gasteiger partial charge in [0, 0.05) is 24.5 Å². The first kappa shape index (κ1) is 14.5. The van der Waals surface area contributed by atoms with Crippen LogP contribution in [0.3, 0.4) is 0 Å². The van der Waals surface area contributed by atoms with Crippen LogP contribution in [0.5, 0.6) is 0 Å². The number of carbonyl (C=O) groups is 1. The van der Waals surface area contributed by atoms with Crippen molar-refractivity contribution in [1.29, 1.82) is 0 Å². The van der Waals surface area contributed by atoms with E-state index in [1.54, 1.807) is 11.3 Å². The van der Waals surface area contributed by atoms with Crippen molar-refractivity contribution in [2.24, 2.45) is 0 Å². The Morgan fingerprint density at radius 1 is 1.53 bits per heavy atom. The van der Waals surface area contributed by atoms with Gasteiger partial charge in [-0.2, -0.15) is 0 Å². The highest BCUT2D eigenvalue weighted by Crippen LogP contribution is 2.30. The molecule has 1 unspecified atom stereocenters. The highest BCUT2D eigenvalue weighted by Gasteiger charge is 2.31. The monoisotopic (exact) mass is 282 g/mol. The van der Waals surface area contributed by atoms with E-state index in [2.05, 4.69) is 23.2 Å². The molecule has 2 rings (SSSR count). The van der Waals surface area contributed by atoms with Crippen molar-refractivity contribution >= 4 is 17.3 Å². The van der Waals surface area contributed by atoms with Gasteiger partial charge in [0.05, 0.1) is 6.61 Å². The molecule has 1 aliphatic rings. The molecule has 19 heavy (non-hydrogen) atoms. The highest BCUT2D eigenvalue weighted by atomic mass is 32.1. The normalized spacial score (nSPS) is 18.8. The topological polar surface area (TPSA) is 41.6 Å². The van der Waals surface area contributed by atoms with Crippen LogP contribution in [0.25, 0.3) is 0 Å². The van der Waals surface area contributed by atoms with Gasteiger partial charge in [0.15, 0.2) is 0 Å². The van der Waals surface area contributed by atoms with E-state index in [9.17, 15) is 4.79 Å². The van der Waals surface area contributed by atoms with Gasteiger partial charge in [0.2, 0.25) is 0 Å².